The standard InChI is InChI=1S/C11H22N2O2/c1-12-6-7-13-11(14)3-2-10-4-8-15-9-5-10/h10,12H,2-9H2,1H3,(H,13,14). The molecule has 0 atom stereocenters. The van der Waals surface area contributed by atoms with E-state index in [1.807, 2.05) is 7.05 Å². The van der Waals surface area contributed by atoms with Crippen LogP contribution < -0.4 is 10.6 Å². The number of nitrogens with one attached hydrogen (secondary N) is 2. The van der Waals surface area contributed by atoms with Crippen molar-refractivity contribution in [3.63, 3.8) is 0 Å². The Hall–Kier alpha value is -0.610. The number of hydrogen-bond donors (Lipinski definition) is 2. The number of hydrogen-bond acceptors (Lipinski definition) is 3. The molecule has 15 heavy (non-hydrogen) atoms. The van der Waals surface area contributed by atoms with Gasteiger partial charge in [-0.15, -0.1) is 0 Å². The second kappa shape index (κ2) is 7.65. The molecule has 0 aromatic rings. The molecule has 0 aliphatic carbocycles. The minimum Gasteiger partial charge on any atom is -0.381 e. The summed E-state index contributed by atoms with van der Waals surface area (Å²) in [6, 6.07) is 0. The van der Waals surface area contributed by atoms with Crippen molar-refractivity contribution in [3.8, 4) is 0 Å². The van der Waals surface area contributed by atoms with E-state index in [9.17, 15) is 4.79 Å². The molecule has 2 N–H and O–H groups in total. The maximum absolute atomic E-state index is 11.4. The van der Waals surface area contributed by atoms with Crippen LogP contribution in [0.25, 0.3) is 0 Å². The molecule has 0 saturated carbocycles. The maximum atomic E-state index is 11.4. The lowest BCUT2D eigenvalue weighted by molar-refractivity contribution is -0.121. The van der Waals surface area contributed by atoms with Gasteiger partial charge in [0.1, 0.15) is 0 Å². The van der Waals surface area contributed by atoms with Crippen molar-refractivity contribution in [3.05, 3.63) is 0 Å². The molecule has 0 radical (unpaired) electrons. The average molecular weight is 214 g/mol. The molecule has 0 bridgehead atoms. The van der Waals surface area contributed by atoms with Crippen LogP contribution in [0.15, 0.2) is 0 Å². The third-order valence-corrected chi connectivity index (χ3v) is 2.82. The SMILES string of the molecule is CNCCNC(=O)CCC1CCOCC1. The summed E-state index contributed by atoms with van der Waals surface area (Å²) in [7, 11) is 1.88. The van der Waals surface area contributed by atoms with E-state index in [-0.39, 0.29) is 5.91 Å². The minimum atomic E-state index is 0.178. The summed E-state index contributed by atoms with van der Waals surface area (Å²) in [6.07, 6.45) is 3.90. The third-order valence-electron chi connectivity index (χ3n) is 2.82. The van der Waals surface area contributed by atoms with Gasteiger partial charge in [0.05, 0.1) is 0 Å². The first-order valence-corrected chi connectivity index (χ1v) is 5.82. The minimum absolute atomic E-state index is 0.178. The molecule has 4 heteroatoms. The van der Waals surface area contributed by atoms with Crippen molar-refractivity contribution in [2.75, 3.05) is 33.4 Å². The van der Waals surface area contributed by atoms with Crippen LogP contribution in [0.1, 0.15) is 25.7 Å². The molecular formula is C11H22N2O2. The smallest absolute Gasteiger partial charge is 0.220 e. The predicted octanol–water partition coefficient (Wildman–Crippen LogP) is 0.529. The van der Waals surface area contributed by atoms with Gasteiger partial charge in [0.2, 0.25) is 5.91 Å². The first-order valence-electron chi connectivity index (χ1n) is 5.82. The number of carbonyl (C=O) groups is 1. The molecule has 0 aromatic heterocycles. The van der Waals surface area contributed by atoms with Crippen LogP contribution in [0.3, 0.4) is 0 Å². The molecule has 4 nitrogen and oxygen atoms in total. The Labute approximate surface area is 91.8 Å². The Balaban J connectivity index is 2.00. The van der Waals surface area contributed by atoms with E-state index in [0.29, 0.717) is 12.3 Å². The van der Waals surface area contributed by atoms with Crippen LogP contribution in [0.4, 0.5) is 0 Å². The van der Waals surface area contributed by atoms with E-state index in [4.69, 9.17) is 4.74 Å². The van der Waals surface area contributed by atoms with E-state index >= 15 is 0 Å². The fraction of sp³-hybridized carbons (Fsp3) is 0.909. The fourth-order valence-electron chi connectivity index (χ4n) is 1.79. The molecule has 0 aromatic carbocycles. The first kappa shape index (κ1) is 12.5. The van der Waals surface area contributed by atoms with Gasteiger partial charge in [-0.2, -0.15) is 0 Å². The van der Waals surface area contributed by atoms with Crippen molar-refractivity contribution < 1.29 is 9.53 Å². The van der Waals surface area contributed by atoms with E-state index in [2.05, 4.69) is 10.6 Å². The number of carbonyl (C=O) groups excluding carboxylic acids is 1. The quantitative estimate of drug-likeness (QED) is 0.634. The van der Waals surface area contributed by atoms with Crippen LogP contribution >= 0.6 is 0 Å². The third kappa shape index (κ3) is 5.74. The van der Waals surface area contributed by atoms with Crippen LogP contribution in [0.5, 0.6) is 0 Å². The summed E-state index contributed by atoms with van der Waals surface area (Å²) in [6.45, 7) is 3.30. The molecule has 0 spiro atoms. The Morgan fingerprint density at radius 3 is 2.73 bits per heavy atom. The zero-order valence-electron chi connectivity index (χ0n) is 9.55. The average Bonchev–Trinajstić information content (AvgIpc) is 2.28. The Morgan fingerprint density at radius 1 is 1.33 bits per heavy atom. The van der Waals surface area contributed by atoms with Gasteiger partial charge in [-0.05, 0) is 32.2 Å². The normalized spacial score (nSPS) is 17.7. The molecule has 1 fully saturated rings. The van der Waals surface area contributed by atoms with Crippen LogP contribution in [0, 0.1) is 5.92 Å². The highest BCUT2D eigenvalue weighted by molar-refractivity contribution is 5.75. The molecule has 1 heterocycles. The monoisotopic (exact) mass is 214 g/mol. The Morgan fingerprint density at radius 2 is 2.07 bits per heavy atom. The molecule has 0 unspecified atom stereocenters. The van der Waals surface area contributed by atoms with Gasteiger partial charge in [-0.25, -0.2) is 0 Å². The van der Waals surface area contributed by atoms with Crippen molar-refractivity contribution in [2.45, 2.75) is 25.7 Å². The van der Waals surface area contributed by atoms with Gasteiger partial charge >= 0.3 is 0 Å². The van der Waals surface area contributed by atoms with Gasteiger partial charge < -0.3 is 15.4 Å². The van der Waals surface area contributed by atoms with Crippen LogP contribution in [0.2, 0.25) is 0 Å². The lowest BCUT2D eigenvalue weighted by atomic mass is 9.95. The summed E-state index contributed by atoms with van der Waals surface area (Å²) < 4.78 is 5.28. The van der Waals surface area contributed by atoms with Gasteiger partial charge in [-0.3, -0.25) is 4.79 Å². The summed E-state index contributed by atoms with van der Waals surface area (Å²) >= 11 is 0. The summed E-state index contributed by atoms with van der Waals surface area (Å²) in [4.78, 5) is 11.4. The van der Waals surface area contributed by atoms with Gasteiger partial charge in [0.25, 0.3) is 0 Å². The second-order valence-corrected chi connectivity index (χ2v) is 4.05. The van der Waals surface area contributed by atoms with Crippen molar-refractivity contribution in [1.82, 2.24) is 10.6 Å². The molecule has 1 aliphatic rings. The van der Waals surface area contributed by atoms with Gasteiger partial charge in [0, 0.05) is 32.7 Å². The van der Waals surface area contributed by atoms with E-state index in [1.165, 1.54) is 0 Å². The summed E-state index contributed by atoms with van der Waals surface area (Å²) in [5, 5.41) is 5.89. The molecule has 88 valence electrons. The largest absolute Gasteiger partial charge is 0.381 e. The highest BCUT2D eigenvalue weighted by atomic mass is 16.5. The van der Waals surface area contributed by atoms with Crippen LogP contribution in [-0.2, 0) is 9.53 Å². The van der Waals surface area contributed by atoms with Crippen molar-refractivity contribution in [2.24, 2.45) is 5.92 Å². The lowest BCUT2D eigenvalue weighted by Gasteiger charge is -2.21. The first-order chi connectivity index (χ1) is 7.33. The zero-order valence-corrected chi connectivity index (χ0v) is 9.55. The van der Waals surface area contributed by atoms with Crippen molar-refractivity contribution >= 4 is 5.91 Å². The Bertz CT molecular complexity index is 179. The highest BCUT2D eigenvalue weighted by Crippen LogP contribution is 2.19. The predicted molar refractivity (Wildman–Crippen MR) is 59.7 cm³/mol. The van der Waals surface area contributed by atoms with Crippen LogP contribution in [-0.4, -0.2) is 39.3 Å². The molecule has 1 aliphatic heterocycles. The Kier molecular flexibility index (Phi) is 6.36. The van der Waals surface area contributed by atoms with E-state index in [0.717, 1.165) is 45.6 Å². The zero-order chi connectivity index (χ0) is 10.9. The highest BCUT2D eigenvalue weighted by Gasteiger charge is 2.14. The number of rotatable bonds is 6. The van der Waals surface area contributed by atoms with E-state index < -0.39 is 0 Å². The maximum Gasteiger partial charge on any atom is 0.220 e. The van der Waals surface area contributed by atoms with Gasteiger partial charge in [0.15, 0.2) is 0 Å². The topological polar surface area (TPSA) is 50.4 Å². The van der Waals surface area contributed by atoms with Gasteiger partial charge in [-0.1, -0.05) is 0 Å². The summed E-state index contributed by atoms with van der Waals surface area (Å²) in [5.41, 5.74) is 0. The molecule has 1 amide bonds. The summed E-state index contributed by atoms with van der Waals surface area (Å²) in [5.74, 6) is 0.866. The lowest BCUT2D eigenvalue weighted by Crippen LogP contribution is -2.30. The fourth-order valence-corrected chi connectivity index (χ4v) is 1.79. The molecular weight excluding hydrogens is 192 g/mol. The number of ether oxygens (including phenoxy) is 1. The molecule has 1 saturated heterocycles. The van der Waals surface area contributed by atoms with Crippen molar-refractivity contribution in [1.29, 1.82) is 0 Å². The molecule has 1 rings (SSSR count). The number of amides is 1. The van der Waals surface area contributed by atoms with E-state index in [1.54, 1.807) is 0 Å². The number of likely N-dealkylation sites (N-methyl/N-ethyl adjacent to an activating group) is 1. The second-order valence-electron chi connectivity index (χ2n) is 4.05.